The van der Waals surface area contributed by atoms with Crippen molar-refractivity contribution in [2.24, 2.45) is 0 Å². The number of aryl methyl sites for hydroxylation is 1. The highest BCUT2D eigenvalue weighted by molar-refractivity contribution is 5.86. The first-order valence-electron chi connectivity index (χ1n) is 7.48. The van der Waals surface area contributed by atoms with Crippen LogP contribution in [0, 0.1) is 6.92 Å². The van der Waals surface area contributed by atoms with E-state index in [1.54, 1.807) is 12.3 Å². The van der Waals surface area contributed by atoms with Gasteiger partial charge in [0.1, 0.15) is 12.0 Å². The molecule has 0 saturated carbocycles. The van der Waals surface area contributed by atoms with E-state index in [9.17, 15) is 4.79 Å². The second kappa shape index (κ2) is 7.63. The molecule has 0 spiro atoms. The molecule has 2 aromatic rings. The minimum atomic E-state index is -0.624. The number of hydrogen-bond acceptors (Lipinski definition) is 6. The molecule has 1 heterocycles. The molecule has 7 nitrogen and oxygen atoms in total. The molecule has 7 heteroatoms. The fourth-order valence-electron chi connectivity index (χ4n) is 1.93. The van der Waals surface area contributed by atoms with Crippen molar-refractivity contribution in [3.05, 3.63) is 47.7 Å². The van der Waals surface area contributed by atoms with Gasteiger partial charge in [-0.05, 0) is 24.5 Å². The van der Waals surface area contributed by atoms with Crippen molar-refractivity contribution in [3.8, 4) is 11.4 Å². The van der Waals surface area contributed by atoms with E-state index in [4.69, 9.17) is 9.47 Å². The smallest absolute Gasteiger partial charge is 0.377 e. The Bertz CT molecular complexity index is 750. The summed E-state index contributed by atoms with van der Waals surface area (Å²) in [5.74, 6) is 0.109. The van der Waals surface area contributed by atoms with E-state index < -0.39 is 5.97 Å². The van der Waals surface area contributed by atoms with E-state index in [1.807, 2.05) is 19.1 Å². The second-order valence-corrected chi connectivity index (χ2v) is 5.47. The zero-order valence-corrected chi connectivity index (χ0v) is 14.4. The Kier molecular flexibility index (Phi) is 5.57. The number of ether oxygens (including phenoxy) is 3. The molecule has 0 N–H and O–H groups in total. The molecule has 128 valence electrons. The zero-order valence-electron chi connectivity index (χ0n) is 14.4. The average molecular weight is 331 g/mol. The predicted molar refractivity (Wildman–Crippen MR) is 87.9 cm³/mol. The van der Waals surface area contributed by atoms with E-state index in [2.05, 4.69) is 28.8 Å². The van der Waals surface area contributed by atoms with Crippen molar-refractivity contribution in [1.29, 1.82) is 0 Å². The van der Waals surface area contributed by atoms with Crippen LogP contribution in [-0.4, -0.2) is 35.2 Å². The van der Waals surface area contributed by atoms with Gasteiger partial charge in [0.2, 0.25) is 5.76 Å². The molecule has 0 fully saturated rings. The summed E-state index contributed by atoms with van der Waals surface area (Å²) in [5, 5.41) is 8.70. The third-order valence-electron chi connectivity index (χ3n) is 3.34. The van der Waals surface area contributed by atoms with Gasteiger partial charge in [-0.1, -0.05) is 19.9 Å². The van der Waals surface area contributed by atoms with Crippen LogP contribution in [0.3, 0.4) is 0 Å². The Morgan fingerprint density at radius 1 is 1.29 bits per heavy atom. The van der Waals surface area contributed by atoms with Crippen LogP contribution in [0.4, 0.5) is 0 Å². The van der Waals surface area contributed by atoms with Crippen molar-refractivity contribution >= 4 is 5.97 Å². The number of rotatable bonds is 6. The number of nitrogens with zero attached hydrogens (tertiary/aromatic N) is 3. The molecule has 0 unspecified atom stereocenters. The van der Waals surface area contributed by atoms with E-state index in [1.165, 1.54) is 25.3 Å². The van der Waals surface area contributed by atoms with E-state index >= 15 is 0 Å². The van der Waals surface area contributed by atoms with Crippen LogP contribution >= 0.6 is 0 Å². The fourth-order valence-corrected chi connectivity index (χ4v) is 1.93. The lowest BCUT2D eigenvalue weighted by molar-refractivity contribution is -0.138. The van der Waals surface area contributed by atoms with Crippen LogP contribution in [0.1, 0.15) is 31.0 Å². The lowest BCUT2D eigenvalue weighted by Crippen LogP contribution is -2.12. The van der Waals surface area contributed by atoms with E-state index in [0.717, 1.165) is 16.9 Å². The third-order valence-corrected chi connectivity index (χ3v) is 3.34. The van der Waals surface area contributed by atoms with Gasteiger partial charge in [0.25, 0.3) is 0 Å². The van der Waals surface area contributed by atoms with Gasteiger partial charge < -0.3 is 14.2 Å². The van der Waals surface area contributed by atoms with Crippen LogP contribution in [0.2, 0.25) is 0 Å². The molecular weight excluding hydrogens is 310 g/mol. The monoisotopic (exact) mass is 331 g/mol. The van der Waals surface area contributed by atoms with Crippen molar-refractivity contribution in [2.75, 3.05) is 14.2 Å². The lowest BCUT2D eigenvalue weighted by atomic mass is 10.2. The van der Waals surface area contributed by atoms with Gasteiger partial charge in [-0.15, -0.1) is 0 Å². The molecule has 0 amide bonds. The highest BCUT2D eigenvalue weighted by atomic mass is 16.6. The Labute approximate surface area is 140 Å². The molecule has 1 aromatic heterocycles. The van der Waals surface area contributed by atoms with Crippen molar-refractivity contribution in [3.63, 3.8) is 0 Å². The molecule has 2 rings (SSSR count). The van der Waals surface area contributed by atoms with Gasteiger partial charge in [-0.25, -0.2) is 4.79 Å². The summed E-state index contributed by atoms with van der Waals surface area (Å²) in [4.78, 5) is 13.3. The van der Waals surface area contributed by atoms with Gasteiger partial charge in [-0.2, -0.15) is 15.0 Å². The summed E-state index contributed by atoms with van der Waals surface area (Å²) in [6.07, 6.45) is 2.93. The van der Waals surface area contributed by atoms with Crippen molar-refractivity contribution in [2.45, 2.75) is 26.7 Å². The van der Waals surface area contributed by atoms with Crippen molar-refractivity contribution in [1.82, 2.24) is 15.0 Å². The molecule has 0 aliphatic heterocycles. The number of carbonyl (C=O) groups excluding carboxylic acids is 1. The quantitative estimate of drug-likeness (QED) is 0.460. The molecule has 0 atom stereocenters. The summed E-state index contributed by atoms with van der Waals surface area (Å²) in [7, 11) is 2.70. The minimum absolute atomic E-state index is 0.0449. The highest BCUT2D eigenvalue weighted by Gasteiger charge is 2.16. The molecule has 0 aliphatic rings. The maximum atomic E-state index is 11.7. The molecular formula is C17H21N3O4. The largest absolute Gasteiger partial charge is 0.500 e. The molecule has 0 radical (unpaired) electrons. The average Bonchev–Trinajstić information content (AvgIpc) is 3.06. The van der Waals surface area contributed by atoms with Gasteiger partial charge in [-0.3, -0.25) is 0 Å². The van der Waals surface area contributed by atoms with Gasteiger partial charge in [0, 0.05) is 6.07 Å². The maximum Gasteiger partial charge on any atom is 0.377 e. The molecule has 0 bridgehead atoms. The van der Waals surface area contributed by atoms with E-state index in [-0.39, 0.29) is 11.7 Å². The van der Waals surface area contributed by atoms with Gasteiger partial charge >= 0.3 is 5.97 Å². The Morgan fingerprint density at radius 3 is 2.62 bits per heavy atom. The van der Waals surface area contributed by atoms with Crippen LogP contribution in [0.25, 0.3) is 5.69 Å². The number of aromatic nitrogens is 3. The third kappa shape index (κ3) is 3.92. The second-order valence-electron chi connectivity index (χ2n) is 5.47. The Balaban J connectivity index is 2.34. The Morgan fingerprint density at radius 2 is 2.04 bits per heavy atom. The van der Waals surface area contributed by atoms with Crippen LogP contribution < -0.4 is 4.74 Å². The topological polar surface area (TPSA) is 75.5 Å². The minimum Gasteiger partial charge on any atom is -0.500 e. The summed E-state index contributed by atoms with van der Waals surface area (Å²) >= 11 is 0. The van der Waals surface area contributed by atoms with Crippen molar-refractivity contribution < 1.29 is 19.0 Å². The number of carbonyl (C=O) groups is 1. The summed E-state index contributed by atoms with van der Waals surface area (Å²) in [6.45, 7) is 5.98. The predicted octanol–water partition coefficient (Wildman–Crippen LogP) is 2.74. The first-order valence-corrected chi connectivity index (χ1v) is 7.48. The summed E-state index contributed by atoms with van der Waals surface area (Å²) in [5.41, 5.74) is 2.47. The zero-order chi connectivity index (χ0) is 17.7. The normalized spacial score (nSPS) is 11.5. The first-order chi connectivity index (χ1) is 11.5. The molecule has 1 aromatic carbocycles. The number of hydrogen-bond donors (Lipinski definition) is 0. The molecule has 24 heavy (non-hydrogen) atoms. The highest BCUT2D eigenvalue weighted by Crippen LogP contribution is 2.24. The molecule has 0 saturated heterocycles. The van der Waals surface area contributed by atoms with Crippen LogP contribution in [-0.2, 0) is 14.3 Å². The lowest BCUT2D eigenvalue weighted by Gasteiger charge is -2.11. The Hall–Kier alpha value is -2.83. The summed E-state index contributed by atoms with van der Waals surface area (Å²) < 4.78 is 15.2. The van der Waals surface area contributed by atoms with E-state index in [0.29, 0.717) is 5.75 Å². The van der Waals surface area contributed by atoms with Crippen LogP contribution in [0.5, 0.6) is 5.75 Å². The summed E-state index contributed by atoms with van der Waals surface area (Å²) in [6, 6.07) is 5.50. The number of esters is 1. The fraction of sp³-hybridized carbons (Fsp3) is 0.353. The number of benzene rings is 1. The van der Waals surface area contributed by atoms with Gasteiger partial charge in [0.15, 0.2) is 0 Å². The van der Waals surface area contributed by atoms with Gasteiger partial charge in [0.05, 0.1) is 31.8 Å². The SMILES string of the molecule is CO/C=C(\Oc1cc(-n2ncc(C(C)C)n2)ccc1C)C(=O)OC. The maximum absolute atomic E-state index is 11.7. The first kappa shape index (κ1) is 17.5. The number of methoxy groups -OCH3 is 2. The standard InChI is InChI=1S/C17H21N3O4/c1-11(2)14-9-18-20(19-14)13-7-6-12(3)15(8-13)24-16(10-22-4)17(21)23-5/h6-11H,1-5H3/b16-10-. The van der Waals surface area contributed by atoms with Crippen LogP contribution in [0.15, 0.2) is 36.4 Å². The molecule has 0 aliphatic carbocycles.